The van der Waals surface area contributed by atoms with Gasteiger partial charge in [-0.3, -0.25) is 9.36 Å². The summed E-state index contributed by atoms with van der Waals surface area (Å²) >= 11 is 1.48. The zero-order valence-corrected chi connectivity index (χ0v) is 16.2. The Kier molecular flexibility index (Phi) is 4.87. The predicted octanol–water partition coefficient (Wildman–Crippen LogP) is 3.37. The molecule has 1 atom stereocenters. The monoisotopic (exact) mass is 397 g/mol. The topological polar surface area (TPSA) is 85.6 Å². The Morgan fingerprint density at radius 2 is 1.96 bits per heavy atom. The van der Waals surface area contributed by atoms with Crippen LogP contribution in [-0.2, 0) is 4.79 Å². The number of nitrogens with zero attached hydrogens (tertiary/aromatic N) is 2. The zero-order valence-electron chi connectivity index (χ0n) is 15.4. The average molecular weight is 397 g/mol. The average Bonchev–Trinajstić information content (AvgIpc) is 3.03. The number of methoxy groups -OCH3 is 2. The number of fused-ring (bicyclic) bond motifs is 1. The summed E-state index contributed by atoms with van der Waals surface area (Å²) in [6, 6.07) is 12.9. The summed E-state index contributed by atoms with van der Waals surface area (Å²) < 4.78 is 12.3. The molecule has 8 heteroatoms. The van der Waals surface area contributed by atoms with E-state index in [4.69, 9.17) is 9.47 Å². The Morgan fingerprint density at radius 3 is 2.64 bits per heavy atom. The first kappa shape index (κ1) is 18.2. The molecule has 0 saturated carbocycles. The molecular formula is C20H19N3O4S. The van der Waals surface area contributed by atoms with E-state index in [2.05, 4.69) is 10.3 Å². The van der Waals surface area contributed by atoms with E-state index in [1.54, 1.807) is 25.6 Å². The van der Waals surface area contributed by atoms with E-state index in [1.165, 1.54) is 18.9 Å². The van der Waals surface area contributed by atoms with Gasteiger partial charge in [-0.05, 0) is 42.0 Å². The molecule has 0 radical (unpaired) electrons. The number of rotatable bonds is 4. The van der Waals surface area contributed by atoms with Crippen LogP contribution in [0.25, 0.3) is 5.69 Å². The fourth-order valence-electron chi connectivity index (χ4n) is 3.18. The third-order valence-electron chi connectivity index (χ3n) is 4.55. The predicted molar refractivity (Wildman–Crippen MR) is 108 cm³/mol. The molecule has 0 saturated heterocycles. The lowest BCUT2D eigenvalue weighted by Gasteiger charge is -2.19. The van der Waals surface area contributed by atoms with Crippen molar-refractivity contribution in [2.45, 2.75) is 5.25 Å². The van der Waals surface area contributed by atoms with Gasteiger partial charge in [-0.2, -0.15) is 0 Å². The van der Waals surface area contributed by atoms with E-state index in [0.717, 1.165) is 22.7 Å². The highest BCUT2D eigenvalue weighted by Crippen LogP contribution is 2.44. The second kappa shape index (κ2) is 7.47. The second-order valence-corrected chi connectivity index (χ2v) is 7.31. The van der Waals surface area contributed by atoms with Crippen molar-refractivity contribution >= 4 is 23.5 Å². The number of hydrogen-bond acceptors (Lipinski definition) is 6. The number of hydrogen-bond donors (Lipinski definition) is 2. The van der Waals surface area contributed by atoms with E-state index in [9.17, 15) is 9.90 Å². The third kappa shape index (κ3) is 3.27. The molecule has 1 aliphatic heterocycles. The number of phenolic OH excluding ortho intramolecular Hbond substituents is 1. The Hall–Kier alpha value is -3.13. The number of ether oxygens (including phenoxy) is 2. The molecule has 1 aromatic heterocycles. The number of imidazole rings is 1. The van der Waals surface area contributed by atoms with Crippen molar-refractivity contribution in [3.8, 4) is 22.9 Å². The van der Waals surface area contributed by atoms with Gasteiger partial charge >= 0.3 is 0 Å². The highest BCUT2D eigenvalue weighted by molar-refractivity contribution is 8.00. The fourth-order valence-corrected chi connectivity index (χ4v) is 4.30. The summed E-state index contributed by atoms with van der Waals surface area (Å²) in [5, 5.41) is 12.9. The van der Waals surface area contributed by atoms with Gasteiger partial charge in [0.2, 0.25) is 5.91 Å². The molecule has 2 heterocycles. The SMILES string of the molecule is COc1ccc(-n2cnc3c2C(c2ccc(OC)c(O)c2)SCC(=O)N3)cc1. The van der Waals surface area contributed by atoms with Crippen LogP contribution in [0.5, 0.6) is 17.2 Å². The Morgan fingerprint density at radius 1 is 1.18 bits per heavy atom. The Labute approximate surface area is 166 Å². The molecule has 4 rings (SSSR count). The van der Waals surface area contributed by atoms with Crippen molar-refractivity contribution in [1.29, 1.82) is 0 Å². The summed E-state index contributed by atoms with van der Waals surface area (Å²) in [7, 11) is 3.13. The molecular weight excluding hydrogens is 378 g/mol. The summed E-state index contributed by atoms with van der Waals surface area (Å²) in [5.41, 5.74) is 2.59. The molecule has 1 unspecified atom stereocenters. The lowest BCUT2D eigenvalue weighted by Crippen LogP contribution is -2.12. The van der Waals surface area contributed by atoms with Crippen LogP contribution in [0.2, 0.25) is 0 Å². The van der Waals surface area contributed by atoms with Gasteiger partial charge in [0.25, 0.3) is 0 Å². The molecule has 144 valence electrons. The van der Waals surface area contributed by atoms with Crippen molar-refractivity contribution in [3.63, 3.8) is 0 Å². The van der Waals surface area contributed by atoms with Crippen LogP contribution in [0.15, 0.2) is 48.8 Å². The first-order valence-electron chi connectivity index (χ1n) is 8.60. The number of aromatic nitrogens is 2. The van der Waals surface area contributed by atoms with Crippen molar-refractivity contribution in [2.75, 3.05) is 25.3 Å². The van der Waals surface area contributed by atoms with Gasteiger partial charge in [0.15, 0.2) is 17.3 Å². The molecule has 0 fully saturated rings. The number of anilines is 1. The van der Waals surface area contributed by atoms with Crippen molar-refractivity contribution < 1.29 is 19.4 Å². The molecule has 1 amide bonds. The van der Waals surface area contributed by atoms with Gasteiger partial charge in [0.05, 0.1) is 30.9 Å². The molecule has 28 heavy (non-hydrogen) atoms. The van der Waals surface area contributed by atoms with E-state index in [-0.39, 0.29) is 22.7 Å². The van der Waals surface area contributed by atoms with Crippen molar-refractivity contribution in [3.05, 3.63) is 60.0 Å². The number of thioether (sulfide) groups is 1. The first-order valence-corrected chi connectivity index (χ1v) is 9.65. The maximum atomic E-state index is 12.2. The molecule has 3 aromatic rings. The number of phenols is 1. The number of benzene rings is 2. The Bertz CT molecular complexity index is 1020. The minimum absolute atomic E-state index is 0.0567. The van der Waals surface area contributed by atoms with Gasteiger partial charge in [-0.25, -0.2) is 4.98 Å². The number of nitrogens with one attached hydrogen (secondary N) is 1. The van der Waals surface area contributed by atoms with Gasteiger partial charge in [-0.15, -0.1) is 11.8 Å². The normalized spacial score (nSPS) is 16.1. The van der Waals surface area contributed by atoms with Gasteiger partial charge in [-0.1, -0.05) is 6.07 Å². The first-order chi connectivity index (χ1) is 13.6. The van der Waals surface area contributed by atoms with E-state index in [1.807, 2.05) is 34.9 Å². The van der Waals surface area contributed by atoms with Gasteiger partial charge in [0.1, 0.15) is 12.1 Å². The maximum absolute atomic E-state index is 12.2. The quantitative estimate of drug-likeness (QED) is 0.702. The lowest BCUT2D eigenvalue weighted by atomic mass is 10.1. The van der Waals surface area contributed by atoms with Crippen LogP contribution in [0, 0.1) is 0 Å². The maximum Gasteiger partial charge on any atom is 0.235 e. The third-order valence-corrected chi connectivity index (χ3v) is 5.81. The van der Waals surface area contributed by atoms with Crippen molar-refractivity contribution in [1.82, 2.24) is 9.55 Å². The van der Waals surface area contributed by atoms with Crippen LogP contribution in [0.1, 0.15) is 16.5 Å². The molecule has 0 aliphatic carbocycles. The van der Waals surface area contributed by atoms with Crippen molar-refractivity contribution in [2.24, 2.45) is 0 Å². The summed E-state index contributed by atoms with van der Waals surface area (Å²) in [6.45, 7) is 0. The fraction of sp³-hybridized carbons (Fsp3) is 0.200. The molecule has 1 aliphatic rings. The van der Waals surface area contributed by atoms with E-state index in [0.29, 0.717) is 11.6 Å². The number of aromatic hydroxyl groups is 1. The van der Waals surface area contributed by atoms with Crippen LogP contribution >= 0.6 is 11.8 Å². The van der Waals surface area contributed by atoms with E-state index < -0.39 is 0 Å². The number of amides is 1. The van der Waals surface area contributed by atoms with Gasteiger partial charge in [0, 0.05) is 5.69 Å². The highest BCUT2D eigenvalue weighted by Gasteiger charge is 2.29. The van der Waals surface area contributed by atoms with Crippen LogP contribution in [-0.4, -0.2) is 40.5 Å². The molecule has 2 N–H and O–H groups in total. The molecule has 7 nitrogen and oxygen atoms in total. The van der Waals surface area contributed by atoms with E-state index >= 15 is 0 Å². The highest BCUT2D eigenvalue weighted by atomic mass is 32.2. The minimum Gasteiger partial charge on any atom is -0.504 e. The van der Waals surface area contributed by atoms with Gasteiger partial charge < -0.3 is 19.9 Å². The lowest BCUT2D eigenvalue weighted by molar-refractivity contribution is -0.113. The smallest absolute Gasteiger partial charge is 0.235 e. The standard InChI is InChI=1S/C20H19N3O4S/c1-26-14-6-4-13(5-7-14)23-11-21-20-18(23)19(28-10-17(25)22-20)12-3-8-16(27-2)15(24)9-12/h3-9,11,19,24H,10H2,1-2H3,(H,22,25). The number of carbonyl (C=O) groups excluding carboxylic acids is 1. The zero-order chi connectivity index (χ0) is 19.7. The summed E-state index contributed by atoms with van der Waals surface area (Å²) in [6.07, 6.45) is 1.69. The summed E-state index contributed by atoms with van der Waals surface area (Å²) in [5.74, 6) is 1.92. The van der Waals surface area contributed by atoms with Crippen LogP contribution in [0.3, 0.4) is 0 Å². The Balaban J connectivity index is 1.83. The molecule has 0 spiro atoms. The van der Waals surface area contributed by atoms with Crippen LogP contribution in [0.4, 0.5) is 5.82 Å². The largest absolute Gasteiger partial charge is 0.504 e. The second-order valence-electron chi connectivity index (χ2n) is 6.22. The summed E-state index contributed by atoms with van der Waals surface area (Å²) in [4.78, 5) is 16.6. The molecule has 2 aromatic carbocycles. The van der Waals surface area contributed by atoms with Crippen LogP contribution < -0.4 is 14.8 Å². The number of carbonyl (C=O) groups is 1. The minimum atomic E-state index is -0.199. The molecule has 0 bridgehead atoms.